The van der Waals surface area contributed by atoms with Crippen LogP contribution in [0.15, 0.2) is 0 Å². The van der Waals surface area contributed by atoms with E-state index in [0.717, 1.165) is 0 Å². The second-order valence-electron chi connectivity index (χ2n) is 41.3. The van der Waals surface area contributed by atoms with Crippen molar-refractivity contribution in [1.29, 1.82) is 0 Å². The lowest BCUT2D eigenvalue weighted by atomic mass is 9.64. The number of aliphatic hydroxyl groups is 1. The molecule has 0 aliphatic carbocycles. The first-order valence-corrected chi connectivity index (χ1v) is 43.0. The van der Waals surface area contributed by atoms with Gasteiger partial charge in [-0.05, 0) is 197 Å². The van der Waals surface area contributed by atoms with Gasteiger partial charge in [0.05, 0.1) is 49.2 Å². The molecule has 730 valence electrons. The van der Waals surface area contributed by atoms with Crippen LogP contribution in [-0.4, -0.2) is 222 Å². The predicted octanol–water partition coefficient (Wildman–Crippen LogP) is -0.361. The van der Waals surface area contributed by atoms with E-state index in [1.54, 1.807) is 132 Å². The molecule has 10 unspecified atom stereocenters. The van der Waals surface area contributed by atoms with Crippen LogP contribution in [0.4, 0.5) is 0 Å². The number of aliphatic carboxylic acids is 5. The van der Waals surface area contributed by atoms with Gasteiger partial charge in [0.2, 0.25) is 70.9 Å². The number of carbonyl (C=O) groups excluding carboxylic acids is 18. The van der Waals surface area contributed by atoms with E-state index in [9.17, 15) is 122 Å². The van der Waals surface area contributed by atoms with Crippen molar-refractivity contribution in [1.82, 2.24) is 69.1 Å². The second kappa shape index (κ2) is 53.1. The van der Waals surface area contributed by atoms with E-state index in [-0.39, 0.29) is 99.0 Å². The van der Waals surface area contributed by atoms with Crippen LogP contribution in [0.1, 0.15) is 303 Å². The average molecular weight is 1810 g/mol. The molecule has 127 heavy (non-hydrogen) atoms. The molecule has 0 rings (SSSR count). The van der Waals surface area contributed by atoms with Crippen molar-refractivity contribution in [3.63, 3.8) is 0 Å². The molecular weight excluding hydrogens is 1660 g/mol. The molecule has 0 bridgehead atoms. The monoisotopic (exact) mass is 1810 g/mol. The first-order chi connectivity index (χ1) is 57.3. The Hall–Kier alpha value is -9.95. The van der Waals surface area contributed by atoms with Crippen molar-refractivity contribution < 1.29 is 126 Å². The topological polar surface area (TPSA) is 623 Å². The Morgan fingerprint density at radius 2 is 0.654 bits per heavy atom. The fraction of sp³-hybridized carbons (Fsp3) is 0.784. The number of methoxy groups -OCH3 is 1. The molecule has 0 aliphatic rings. The van der Waals surface area contributed by atoms with Gasteiger partial charge in [-0.2, -0.15) is 0 Å². The molecular formula is C88H153N13O26-4. The van der Waals surface area contributed by atoms with Gasteiger partial charge in [0.25, 0.3) is 0 Å². The Kier molecular flexibility index (Phi) is 50.7. The summed E-state index contributed by atoms with van der Waals surface area (Å²) in [5, 5.41) is 98.4. The van der Waals surface area contributed by atoms with Crippen molar-refractivity contribution in [2.45, 2.75) is 362 Å². The largest absolute Gasteiger partial charge is 0.550 e. The zero-order valence-electron chi connectivity index (χ0n) is 80.8. The molecule has 39 heteroatoms. The van der Waals surface area contributed by atoms with E-state index in [4.69, 9.17) is 4.74 Å². The molecule has 15 N–H and O–H groups in total. The minimum Gasteiger partial charge on any atom is -0.550 e. The minimum atomic E-state index is -1.90. The summed E-state index contributed by atoms with van der Waals surface area (Å²) >= 11 is 0. The second-order valence-corrected chi connectivity index (χ2v) is 41.3. The highest BCUT2D eigenvalue weighted by atomic mass is 16.5. The lowest BCUT2D eigenvalue weighted by molar-refractivity contribution is -0.307. The summed E-state index contributed by atoms with van der Waals surface area (Å²) < 4.78 is 4.96. The summed E-state index contributed by atoms with van der Waals surface area (Å²) in [6, 6.07) is -9.73. The highest BCUT2D eigenvalue weighted by molar-refractivity contribution is 5.99. The lowest BCUT2D eigenvalue weighted by Gasteiger charge is -2.39. The first kappa shape index (κ1) is 121. The van der Waals surface area contributed by atoms with Gasteiger partial charge in [0.1, 0.15) is 24.2 Å². The van der Waals surface area contributed by atoms with Crippen molar-refractivity contribution in [2.24, 2.45) is 43.3 Å². The quantitative estimate of drug-likeness (QED) is 0.0346. The summed E-state index contributed by atoms with van der Waals surface area (Å²) in [6.45, 7) is 50.0. The number of hydrogen-bond acceptors (Lipinski definition) is 26. The van der Waals surface area contributed by atoms with E-state index < -0.39 is 232 Å². The van der Waals surface area contributed by atoms with Gasteiger partial charge in [-0.15, -0.1) is 0 Å². The molecule has 0 aromatic heterocycles. The number of aliphatic hydroxyl groups excluding tert-OH is 1. The molecule has 39 nitrogen and oxygen atoms in total. The molecule has 0 saturated heterocycles. The van der Waals surface area contributed by atoms with Crippen LogP contribution in [0.25, 0.3) is 0 Å². The van der Waals surface area contributed by atoms with Gasteiger partial charge >= 0.3 is 11.9 Å². The van der Waals surface area contributed by atoms with E-state index >= 15 is 0 Å². The number of Topliss-reactive ketones (excluding diaryl/α,β-unsaturated/α-hetero) is 1. The van der Waals surface area contributed by atoms with Crippen LogP contribution in [0.2, 0.25) is 0 Å². The standard InChI is InChI=1S/C46H78N8O16.C22H42N4O5.C20H37NO5/c1-43(2,3)37(65)25(13-19-31(55)53-45(7,8)9)47-38(66)27(15-21-33(57)58)48-40(68)29(17-23-35(61)62)50-41(69)28(16-22-34(59)60)49-39(67)26(14-20-32(56)54-46(10,11)12)51-42(70)30(18-24-36(63)64)52-44(4,5)6;1-9-22(8,19(31)24-10-15(2)27)13-21(6,7)18(30)25-12-16(28)23-11-17(29)26-14-20(3,4)5;1-10-19(7,14(22)21-13-17(2,3)4)12-20(8,16(25)26-9)11-18(5,6)15(23)24/h25-30,52H,13-24H2,1-12H3,(H,47,66)(H,48,68)(H,49,67)(H,50,69)(H,51,70)(H,53,55)(H,54,56)(H,57,58)(H,59,60)(H,61,62)(H,63,64);15,27H,9-14H2,1-8H3,(H,23,28)(H,24,31)(H,25,30)(H,26,29);10-13H2,1-9H3,(H,21,22)(H,23,24)/p-4. The summed E-state index contributed by atoms with van der Waals surface area (Å²) in [5.41, 5.74) is -7.99. The molecule has 0 aromatic rings. The van der Waals surface area contributed by atoms with Crippen molar-refractivity contribution >= 4 is 112 Å². The highest BCUT2D eigenvalue weighted by Crippen LogP contribution is 2.45. The Morgan fingerprint density at radius 3 is 0.976 bits per heavy atom. The maximum absolute atomic E-state index is 14.0. The molecule has 12 amide bonds. The predicted molar refractivity (Wildman–Crippen MR) is 464 cm³/mol. The van der Waals surface area contributed by atoms with Gasteiger partial charge in [-0.1, -0.05) is 104 Å². The molecule has 0 aliphatic heterocycles. The third kappa shape index (κ3) is 53.5. The van der Waals surface area contributed by atoms with Crippen molar-refractivity contribution in [2.75, 3.05) is 39.8 Å². The van der Waals surface area contributed by atoms with Gasteiger partial charge < -0.3 is 124 Å². The lowest BCUT2D eigenvalue weighted by Crippen LogP contribution is -2.60. The third-order valence-corrected chi connectivity index (χ3v) is 19.7. The number of carboxylic acids is 5. The number of hydrogen-bond donors (Lipinski definition) is 15. The van der Waals surface area contributed by atoms with Crippen LogP contribution >= 0.6 is 0 Å². The fourth-order valence-corrected chi connectivity index (χ4v) is 12.8. The SMILES string of the molecule is CC(C)(C)NC(=O)CCC(NC(=O)C(CCC(=O)[O-])NC(C)(C)C)C(=O)NC(CCC(=O)[O-])C(=O)NC(CCC(=O)[O-])C(=O)NC(CCC(=O)[O-])C(=O)NC(CCC(=O)NC(C)(C)C)C(=O)C(C)(C)C.CCC(C)(CC(C)(C)C(=O)NCC(=O)NCC(=O)NCC(C)(C)C)C(=O)NCC(C)O.CCC(C)(CC(C)(CC(C)(C)C(=O)O)C(=O)OC)C(=O)NCC(C)(C)C. The number of esters is 1. The van der Waals surface area contributed by atoms with Gasteiger partial charge in [-0.3, -0.25) is 71.9 Å². The van der Waals surface area contributed by atoms with Gasteiger partial charge in [0.15, 0.2) is 5.78 Å². The number of carboxylic acid groups (broad SMARTS) is 5. The number of nitrogens with one attached hydrogen (secondary N) is 13. The normalized spacial score (nSPS) is 15.0. The van der Waals surface area contributed by atoms with E-state index in [0.29, 0.717) is 25.9 Å². The Bertz CT molecular complexity index is 3750. The summed E-state index contributed by atoms with van der Waals surface area (Å²) in [7, 11) is 1.29. The number of ketones is 1. The molecule has 0 heterocycles. The zero-order chi connectivity index (χ0) is 100.0. The number of rotatable bonds is 51. The van der Waals surface area contributed by atoms with Crippen molar-refractivity contribution in [3.05, 3.63) is 0 Å². The van der Waals surface area contributed by atoms with Gasteiger partial charge in [0, 0.05) is 94.6 Å². The minimum absolute atomic E-state index is 0.0543. The van der Waals surface area contributed by atoms with Gasteiger partial charge in [-0.25, -0.2) is 0 Å². The Morgan fingerprint density at radius 1 is 0.346 bits per heavy atom. The first-order valence-electron chi connectivity index (χ1n) is 43.0. The summed E-state index contributed by atoms with van der Waals surface area (Å²) in [5.74, 6) is -16.7. The Balaban J connectivity index is -0.00000220. The van der Waals surface area contributed by atoms with Crippen LogP contribution in [0.3, 0.4) is 0 Å². The fourth-order valence-electron chi connectivity index (χ4n) is 12.8. The van der Waals surface area contributed by atoms with E-state index in [1.807, 2.05) is 62.3 Å². The number of ether oxygens (including phenoxy) is 1. The van der Waals surface area contributed by atoms with Crippen LogP contribution in [0, 0.1) is 43.3 Å². The summed E-state index contributed by atoms with van der Waals surface area (Å²) in [6.07, 6.45) is -5.81. The maximum atomic E-state index is 14.0. The smallest absolute Gasteiger partial charge is 0.311 e. The molecule has 10 atom stereocenters. The highest BCUT2D eigenvalue weighted by Gasteiger charge is 2.50. The van der Waals surface area contributed by atoms with Crippen molar-refractivity contribution in [3.8, 4) is 0 Å². The Labute approximate surface area is 750 Å². The van der Waals surface area contributed by atoms with Crippen LogP contribution < -0.4 is 89.5 Å². The van der Waals surface area contributed by atoms with E-state index in [2.05, 4.69) is 69.1 Å². The molecule has 0 radical (unpaired) electrons. The molecule has 0 spiro atoms. The third-order valence-electron chi connectivity index (χ3n) is 19.7. The van der Waals surface area contributed by atoms with Crippen LogP contribution in [0.5, 0.6) is 0 Å². The molecule has 0 aromatic carbocycles. The maximum Gasteiger partial charge on any atom is 0.311 e. The molecule has 0 saturated carbocycles. The molecule has 0 fully saturated rings. The van der Waals surface area contributed by atoms with E-state index in [1.165, 1.54) is 7.11 Å². The number of amides is 12. The number of carbonyl (C=O) groups is 19. The average Bonchev–Trinajstić information content (AvgIpc) is 0.787. The summed E-state index contributed by atoms with van der Waals surface area (Å²) in [4.78, 5) is 240. The van der Waals surface area contributed by atoms with Crippen LogP contribution in [-0.2, 0) is 95.8 Å². The zero-order valence-corrected chi connectivity index (χ0v) is 80.8.